The van der Waals surface area contributed by atoms with E-state index >= 15 is 0 Å². The van der Waals surface area contributed by atoms with Crippen LogP contribution in [0.1, 0.15) is 32.1 Å². The fourth-order valence-electron chi connectivity index (χ4n) is 2.64. The van der Waals surface area contributed by atoms with Crippen LogP contribution in [0.25, 0.3) is 0 Å². The van der Waals surface area contributed by atoms with Crippen molar-refractivity contribution in [2.45, 2.75) is 38.1 Å². The molecule has 0 spiro atoms. The molecule has 1 heterocycles. The minimum atomic E-state index is -0.706. The average molecular weight is 254 g/mol. The molecule has 6 heteroatoms. The molecule has 2 rings (SSSR count). The third-order valence-corrected chi connectivity index (χ3v) is 3.82. The van der Waals surface area contributed by atoms with Crippen LogP contribution < -0.4 is 10.6 Å². The summed E-state index contributed by atoms with van der Waals surface area (Å²) in [7, 11) is 0. The van der Waals surface area contributed by atoms with Crippen LogP contribution in [0.15, 0.2) is 0 Å². The van der Waals surface area contributed by atoms with Crippen molar-refractivity contribution in [3.63, 3.8) is 0 Å². The third-order valence-electron chi connectivity index (χ3n) is 3.82. The predicted octanol–water partition coefficient (Wildman–Crippen LogP) is -0.118. The summed E-state index contributed by atoms with van der Waals surface area (Å²) in [6.07, 6.45) is 3.36. The maximum absolute atomic E-state index is 11.3. The number of carbonyl (C=O) groups is 3. The number of rotatable bonds is 4. The summed E-state index contributed by atoms with van der Waals surface area (Å²) >= 11 is 0. The monoisotopic (exact) mass is 254 g/mol. The first kappa shape index (κ1) is 13.0. The maximum Gasteiger partial charge on any atom is 0.306 e. The van der Waals surface area contributed by atoms with Crippen LogP contribution in [0.4, 0.5) is 0 Å². The van der Waals surface area contributed by atoms with E-state index in [4.69, 9.17) is 5.11 Å². The Bertz CT molecular complexity index is 361. The lowest BCUT2D eigenvalue weighted by Crippen LogP contribution is -2.39. The first-order valence-electron chi connectivity index (χ1n) is 6.36. The van der Waals surface area contributed by atoms with Gasteiger partial charge in [0.25, 0.3) is 0 Å². The predicted molar refractivity (Wildman–Crippen MR) is 62.6 cm³/mol. The molecule has 18 heavy (non-hydrogen) atoms. The van der Waals surface area contributed by atoms with E-state index in [2.05, 4.69) is 10.6 Å². The molecule has 100 valence electrons. The van der Waals surface area contributed by atoms with E-state index in [0.29, 0.717) is 25.3 Å². The topological polar surface area (TPSA) is 95.5 Å². The molecule has 3 N–H and O–H groups in total. The van der Waals surface area contributed by atoms with Crippen LogP contribution in [0.3, 0.4) is 0 Å². The molecular formula is C12H18N2O4. The lowest BCUT2D eigenvalue weighted by Gasteiger charge is -2.26. The Hall–Kier alpha value is -1.43. The number of carboxylic acids is 1. The van der Waals surface area contributed by atoms with Crippen LogP contribution in [0.2, 0.25) is 0 Å². The molecule has 1 saturated carbocycles. The number of carboxylic acid groups (broad SMARTS) is 1. The van der Waals surface area contributed by atoms with Gasteiger partial charge in [0.05, 0.1) is 18.4 Å². The second-order valence-electron chi connectivity index (χ2n) is 5.13. The van der Waals surface area contributed by atoms with Crippen LogP contribution in [0, 0.1) is 11.8 Å². The van der Waals surface area contributed by atoms with Crippen molar-refractivity contribution in [1.29, 1.82) is 0 Å². The highest BCUT2D eigenvalue weighted by Crippen LogP contribution is 2.28. The standard InChI is InChI=1S/C12H18N2O4/c15-10-5-9(11(16)14-10)13-6-7-1-3-8(4-2-7)12(17)18/h7-9,13H,1-6H2,(H,17,18)(H,14,15,16). The van der Waals surface area contributed by atoms with Gasteiger partial charge < -0.3 is 10.4 Å². The first-order chi connectivity index (χ1) is 8.56. The minimum absolute atomic E-state index is 0.211. The highest BCUT2D eigenvalue weighted by atomic mass is 16.4. The van der Waals surface area contributed by atoms with Gasteiger partial charge in [0.2, 0.25) is 11.8 Å². The van der Waals surface area contributed by atoms with Gasteiger partial charge in [-0.1, -0.05) is 0 Å². The Labute approximate surface area is 105 Å². The number of amides is 2. The molecule has 0 aromatic carbocycles. The van der Waals surface area contributed by atoms with Crippen LogP contribution in [-0.2, 0) is 14.4 Å². The van der Waals surface area contributed by atoms with Crippen molar-refractivity contribution in [3.8, 4) is 0 Å². The molecule has 2 amide bonds. The fourth-order valence-corrected chi connectivity index (χ4v) is 2.64. The van der Waals surface area contributed by atoms with Gasteiger partial charge in [-0.25, -0.2) is 0 Å². The molecule has 1 saturated heterocycles. The molecule has 0 bridgehead atoms. The Kier molecular flexibility index (Phi) is 3.96. The van der Waals surface area contributed by atoms with Gasteiger partial charge in [-0.2, -0.15) is 0 Å². The lowest BCUT2D eigenvalue weighted by molar-refractivity contribution is -0.143. The Morgan fingerprint density at radius 2 is 1.94 bits per heavy atom. The zero-order valence-corrected chi connectivity index (χ0v) is 10.1. The highest BCUT2D eigenvalue weighted by molar-refractivity contribution is 6.05. The number of hydrogen-bond donors (Lipinski definition) is 3. The molecule has 6 nitrogen and oxygen atoms in total. The minimum Gasteiger partial charge on any atom is -0.481 e. The van der Waals surface area contributed by atoms with E-state index in [1.807, 2.05) is 0 Å². The van der Waals surface area contributed by atoms with Crippen LogP contribution in [0.5, 0.6) is 0 Å². The van der Waals surface area contributed by atoms with E-state index in [1.54, 1.807) is 0 Å². The van der Waals surface area contributed by atoms with Crippen molar-refractivity contribution in [2.75, 3.05) is 6.54 Å². The second kappa shape index (κ2) is 5.48. The fraction of sp³-hybridized carbons (Fsp3) is 0.750. The van der Waals surface area contributed by atoms with Gasteiger partial charge >= 0.3 is 5.97 Å². The second-order valence-corrected chi connectivity index (χ2v) is 5.13. The number of imide groups is 1. The molecule has 0 aromatic rings. The number of carbonyl (C=O) groups excluding carboxylic acids is 2. The van der Waals surface area contributed by atoms with E-state index in [9.17, 15) is 14.4 Å². The number of aliphatic carboxylic acids is 1. The van der Waals surface area contributed by atoms with Crippen molar-refractivity contribution in [2.24, 2.45) is 11.8 Å². The highest BCUT2D eigenvalue weighted by Gasteiger charge is 2.31. The zero-order valence-electron chi connectivity index (χ0n) is 10.1. The summed E-state index contributed by atoms with van der Waals surface area (Å²) in [4.78, 5) is 33.1. The summed E-state index contributed by atoms with van der Waals surface area (Å²) in [5, 5.41) is 14.2. The summed E-state index contributed by atoms with van der Waals surface area (Å²) < 4.78 is 0. The SMILES string of the molecule is O=C1CC(NCC2CCC(C(=O)O)CC2)C(=O)N1. The average Bonchev–Trinajstić information content (AvgIpc) is 2.66. The molecule has 0 aromatic heterocycles. The summed E-state index contributed by atoms with van der Waals surface area (Å²) in [6, 6.07) is -0.408. The van der Waals surface area contributed by atoms with Gasteiger partial charge in [-0.15, -0.1) is 0 Å². The molecule has 2 fully saturated rings. The molecule has 1 aliphatic heterocycles. The Morgan fingerprint density at radius 3 is 2.44 bits per heavy atom. The van der Waals surface area contributed by atoms with E-state index in [1.165, 1.54) is 0 Å². The largest absolute Gasteiger partial charge is 0.481 e. The number of hydrogen-bond acceptors (Lipinski definition) is 4. The van der Waals surface area contributed by atoms with Crippen molar-refractivity contribution >= 4 is 17.8 Å². The van der Waals surface area contributed by atoms with E-state index in [-0.39, 0.29) is 24.2 Å². The summed E-state index contributed by atoms with van der Waals surface area (Å²) in [6.45, 7) is 0.678. The van der Waals surface area contributed by atoms with Crippen molar-refractivity contribution in [3.05, 3.63) is 0 Å². The summed E-state index contributed by atoms with van der Waals surface area (Å²) in [5.74, 6) is -0.991. The Balaban J connectivity index is 1.71. The van der Waals surface area contributed by atoms with Gasteiger partial charge in [-0.05, 0) is 38.1 Å². The molecular weight excluding hydrogens is 236 g/mol. The van der Waals surface area contributed by atoms with Crippen molar-refractivity contribution in [1.82, 2.24) is 10.6 Å². The summed E-state index contributed by atoms with van der Waals surface area (Å²) in [5.41, 5.74) is 0. The van der Waals surface area contributed by atoms with Crippen molar-refractivity contribution < 1.29 is 19.5 Å². The molecule has 0 radical (unpaired) electrons. The van der Waals surface area contributed by atoms with Crippen LogP contribution >= 0.6 is 0 Å². The first-order valence-corrected chi connectivity index (χ1v) is 6.36. The molecule has 1 atom stereocenters. The molecule has 1 aliphatic carbocycles. The maximum atomic E-state index is 11.3. The number of nitrogens with one attached hydrogen (secondary N) is 2. The molecule has 2 aliphatic rings. The van der Waals surface area contributed by atoms with Gasteiger partial charge in [0.1, 0.15) is 0 Å². The molecule has 1 unspecified atom stereocenters. The smallest absolute Gasteiger partial charge is 0.306 e. The Morgan fingerprint density at radius 1 is 1.28 bits per heavy atom. The van der Waals surface area contributed by atoms with Gasteiger partial charge in [0.15, 0.2) is 0 Å². The normalized spacial score (nSPS) is 32.3. The lowest BCUT2D eigenvalue weighted by atomic mass is 9.82. The third kappa shape index (κ3) is 3.07. The quantitative estimate of drug-likeness (QED) is 0.608. The van der Waals surface area contributed by atoms with E-state index in [0.717, 1.165) is 12.8 Å². The van der Waals surface area contributed by atoms with Crippen LogP contribution in [-0.4, -0.2) is 35.5 Å². The van der Waals surface area contributed by atoms with E-state index < -0.39 is 12.0 Å². The zero-order chi connectivity index (χ0) is 13.1. The van der Waals surface area contributed by atoms with Gasteiger partial charge in [0, 0.05) is 0 Å². The van der Waals surface area contributed by atoms with Gasteiger partial charge in [-0.3, -0.25) is 19.7 Å².